The van der Waals surface area contributed by atoms with Crippen LogP contribution in [0, 0.1) is 0 Å². The van der Waals surface area contributed by atoms with E-state index in [1.807, 2.05) is 0 Å². The molecule has 2 rings (SSSR count). The maximum atomic E-state index is 12.2. The summed E-state index contributed by atoms with van der Waals surface area (Å²) >= 11 is 0. The molecule has 22 heavy (non-hydrogen) atoms. The van der Waals surface area contributed by atoms with Crippen LogP contribution in [0.2, 0.25) is 0 Å². The molecule has 0 fully saturated rings. The van der Waals surface area contributed by atoms with Crippen molar-refractivity contribution in [2.24, 2.45) is 5.73 Å². The lowest BCUT2D eigenvalue weighted by Crippen LogP contribution is -2.19. The van der Waals surface area contributed by atoms with Crippen molar-refractivity contribution < 1.29 is 19.1 Å². The van der Waals surface area contributed by atoms with E-state index in [-0.39, 0.29) is 18.2 Å². The summed E-state index contributed by atoms with van der Waals surface area (Å²) < 4.78 is 10.4. The number of hydrogen-bond donors (Lipinski definition) is 2. The molecule has 1 aromatic carbocycles. The number of Topliss-reactive ketones (excluding diaryl/α,β-unsaturated/α-hetero) is 1. The summed E-state index contributed by atoms with van der Waals surface area (Å²) in [5.41, 5.74) is 7.00. The number of anilines is 1. The first-order valence-corrected chi connectivity index (χ1v) is 7.25. The molecule has 0 radical (unpaired) electrons. The Kier molecular flexibility index (Phi) is 5.04. The lowest BCUT2D eigenvalue weighted by molar-refractivity contribution is -0.143. The maximum Gasteiger partial charge on any atom is 0.305 e. The maximum absolute atomic E-state index is 12.2. The van der Waals surface area contributed by atoms with Gasteiger partial charge in [0.1, 0.15) is 11.6 Å². The zero-order valence-electron chi connectivity index (χ0n) is 12.8. The van der Waals surface area contributed by atoms with Gasteiger partial charge in [0, 0.05) is 18.4 Å². The molecule has 0 atom stereocenters. The fourth-order valence-electron chi connectivity index (χ4n) is 2.11. The monoisotopic (exact) mass is 304 g/mol. The first kappa shape index (κ1) is 15.9. The average Bonchev–Trinajstić information content (AvgIpc) is 2.48. The highest BCUT2D eigenvalue weighted by Gasteiger charge is 2.17. The third-order valence-corrected chi connectivity index (χ3v) is 3.30. The molecule has 1 aliphatic rings. The smallest absolute Gasteiger partial charge is 0.305 e. The summed E-state index contributed by atoms with van der Waals surface area (Å²) in [6, 6.07) is 5.15. The van der Waals surface area contributed by atoms with Crippen molar-refractivity contribution in [2.45, 2.75) is 33.1 Å². The Labute approximate surface area is 129 Å². The molecule has 0 saturated carbocycles. The Balaban J connectivity index is 1.95. The van der Waals surface area contributed by atoms with Gasteiger partial charge >= 0.3 is 5.97 Å². The van der Waals surface area contributed by atoms with E-state index in [4.69, 9.17) is 15.2 Å². The number of hydrogen-bond acceptors (Lipinski definition) is 6. The standard InChI is InChI=1S/C16H20N2O4/c1-3-21-15(20)6-4-5-13(19)11-7-8-14-12(9-11)18-16(17)10(2)22-14/h7-9,18H,3-6,17H2,1-2H3. The molecule has 6 nitrogen and oxygen atoms in total. The SMILES string of the molecule is CCOC(=O)CCCC(=O)c1ccc2c(c1)NC(N)=C(C)O2. The van der Waals surface area contributed by atoms with Crippen molar-refractivity contribution in [1.29, 1.82) is 0 Å². The van der Waals surface area contributed by atoms with E-state index < -0.39 is 0 Å². The highest BCUT2D eigenvalue weighted by atomic mass is 16.5. The summed E-state index contributed by atoms with van der Waals surface area (Å²) in [6.07, 6.45) is 1.02. The largest absolute Gasteiger partial charge is 0.466 e. The number of fused-ring (bicyclic) bond motifs is 1. The zero-order valence-corrected chi connectivity index (χ0v) is 12.8. The fraction of sp³-hybridized carbons (Fsp3) is 0.375. The van der Waals surface area contributed by atoms with E-state index in [1.54, 1.807) is 32.0 Å². The van der Waals surface area contributed by atoms with E-state index in [0.29, 0.717) is 48.0 Å². The summed E-state index contributed by atoms with van der Waals surface area (Å²) in [6.45, 7) is 3.88. The summed E-state index contributed by atoms with van der Waals surface area (Å²) in [5, 5.41) is 3.00. The van der Waals surface area contributed by atoms with Crippen LogP contribution in [-0.4, -0.2) is 18.4 Å². The van der Waals surface area contributed by atoms with Gasteiger partial charge in [-0.15, -0.1) is 0 Å². The Morgan fingerprint density at radius 3 is 2.82 bits per heavy atom. The van der Waals surface area contributed by atoms with Crippen molar-refractivity contribution in [1.82, 2.24) is 0 Å². The molecular weight excluding hydrogens is 284 g/mol. The summed E-state index contributed by atoms with van der Waals surface area (Å²) in [7, 11) is 0. The van der Waals surface area contributed by atoms with Crippen molar-refractivity contribution in [3.63, 3.8) is 0 Å². The number of carbonyl (C=O) groups excluding carboxylic acids is 2. The number of nitrogens with one attached hydrogen (secondary N) is 1. The molecule has 3 N–H and O–H groups in total. The Morgan fingerprint density at radius 1 is 1.32 bits per heavy atom. The molecule has 0 aliphatic carbocycles. The van der Waals surface area contributed by atoms with Crippen molar-refractivity contribution >= 4 is 17.4 Å². The van der Waals surface area contributed by atoms with Gasteiger partial charge in [-0.25, -0.2) is 0 Å². The van der Waals surface area contributed by atoms with Gasteiger partial charge in [-0.1, -0.05) is 0 Å². The van der Waals surface area contributed by atoms with Gasteiger partial charge in [-0.05, 0) is 38.5 Å². The second kappa shape index (κ2) is 6.98. The zero-order chi connectivity index (χ0) is 16.1. The van der Waals surface area contributed by atoms with E-state index in [0.717, 1.165) is 0 Å². The molecule has 0 amide bonds. The molecule has 6 heteroatoms. The molecule has 1 aliphatic heterocycles. The van der Waals surface area contributed by atoms with E-state index >= 15 is 0 Å². The highest BCUT2D eigenvalue weighted by molar-refractivity contribution is 5.97. The number of carbonyl (C=O) groups is 2. The fourth-order valence-corrected chi connectivity index (χ4v) is 2.11. The van der Waals surface area contributed by atoms with Crippen LogP contribution in [0.5, 0.6) is 5.75 Å². The van der Waals surface area contributed by atoms with E-state index in [9.17, 15) is 9.59 Å². The van der Waals surface area contributed by atoms with Gasteiger partial charge in [0.15, 0.2) is 11.5 Å². The van der Waals surface area contributed by atoms with Crippen LogP contribution < -0.4 is 15.8 Å². The van der Waals surface area contributed by atoms with E-state index in [1.165, 1.54) is 0 Å². The van der Waals surface area contributed by atoms with E-state index in [2.05, 4.69) is 5.32 Å². The van der Waals surface area contributed by atoms with Crippen LogP contribution in [0.25, 0.3) is 0 Å². The van der Waals surface area contributed by atoms with Crippen LogP contribution in [0.4, 0.5) is 5.69 Å². The van der Waals surface area contributed by atoms with Crippen molar-refractivity contribution in [2.75, 3.05) is 11.9 Å². The topological polar surface area (TPSA) is 90.7 Å². The molecule has 0 bridgehead atoms. The second-order valence-corrected chi connectivity index (χ2v) is 4.99. The van der Waals surface area contributed by atoms with Crippen LogP contribution in [-0.2, 0) is 9.53 Å². The number of esters is 1. The Morgan fingerprint density at radius 2 is 2.09 bits per heavy atom. The van der Waals surface area contributed by atoms with Crippen LogP contribution in [0.15, 0.2) is 29.8 Å². The predicted octanol–water partition coefficient (Wildman–Crippen LogP) is 2.55. The molecule has 118 valence electrons. The minimum atomic E-state index is -0.274. The summed E-state index contributed by atoms with van der Waals surface area (Å²) in [5.74, 6) is 1.36. The first-order chi connectivity index (χ1) is 10.5. The third-order valence-electron chi connectivity index (χ3n) is 3.30. The Hall–Kier alpha value is -2.50. The minimum absolute atomic E-state index is 0.0289. The number of nitrogens with two attached hydrogens (primary N) is 1. The highest BCUT2D eigenvalue weighted by Crippen LogP contribution is 2.32. The number of ketones is 1. The number of ether oxygens (including phenoxy) is 2. The molecular formula is C16H20N2O4. The molecule has 1 aromatic rings. The van der Waals surface area contributed by atoms with Gasteiger partial charge in [-0.2, -0.15) is 0 Å². The molecule has 0 aromatic heterocycles. The number of benzene rings is 1. The van der Waals surface area contributed by atoms with Crippen LogP contribution in [0.1, 0.15) is 43.5 Å². The van der Waals surface area contributed by atoms with Gasteiger partial charge in [0.05, 0.1) is 12.3 Å². The van der Waals surface area contributed by atoms with Crippen molar-refractivity contribution in [3.8, 4) is 5.75 Å². The lowest BCUT2D eigenvalue weighted by Gasteiger charge is -2.21. The quantitative estimate of drug-likeness (QED) is 0.620. The predicted molar refractivity (Wildman–Crippen MR) is 82.4 cm³/mol. The number of rotatable bonds is 6. The minimum Gasteiger partial charge on any atom is -0.466 e. The molecule has 1 heterocycles. The lowest BCUT2D eigenvalue weighted by atomic mass is 10.0. The normalized spacial score (nSPS) is 13.0. The Bertz CT molecular complexity index is 623. The van der Waals surface area contributed by atoms with Gasteiger partial charge in [0.25, 0.3) is 0 Å². The van der Waals surface area contributed by atoms with Crippen LogP contribution in [0.3, 0.4) is 0 Å². The van der Waals surface area contributed by atoms with Crippen molar-refractivity contribution in [3.05, 3.63) is 35.3 Å². The van der Waals surface area contributed by atoms with Gasteiger partial charge < -0.3 is 20.5 Å². The first-order valence-electron chi connectivity index (χ1n) is 7.25. The van der Waals surface area contributed by atoms with Gasteiger partial charge in [-0.3, -0.25) is 9.59 Å². The molecule has 0 saturated heterocycles. The van der Waals surface area contributed by atoms with Crippen LogP contribution >= 0.6 is 0 Å². The number of allylic oxidation sites excluding steroid dienone is 1. The third kappa shape index (κ3) is 3.78. The average molecular weight is 304 g/mol. The van der Waals surface area contributed by atoms with Gasteiger partial charge in [0.2, 0.25) is 0 Å². The summed E-state index contributed by atoms with van der Waals surface area (Å²) in [4.78, 5) is 23.4. The molecule has 0 unspecified atom stereocenters. The molecule has 0 spiro atoms. The second-order valence-electron chi connectivity index (χ2n) is 4.99.